The highest BCUT2D eigenvalue weighted by Crippen LogP contribution is 2.20. The van der Waals surface area contributed by atoms with E-state index < -0.39 is 10.0 Å². The smallest absolute Gasteiger partial charge is 0.267 e. The van der Waals surface area contributed by atoms with E-state index in [0.717, 1.165) is 35.9 Å². The quantitative estimate of drug-likeness (QED) is 0.730. The van der Waals surface area contributed by atoms with E-state index in [0.29, 0.717) is 5.52 Å². The number of hydrogen-bond acceptors (Lipinski definition) is 5. The molecule has 0 bridgehead atoms. The van der Waals surface area contributed by atoms with Crippen molar-refractivity contribution in [3.05, 3.63) is 64.2 Å². The van der Waals surface area contributed by atoms with Gasteiger partial charge in [0.2, 0.25) is 10.0 Å². The molecule has 0 spiro atoms. The SMILES string of the molecule is O=c1cc2c(nn1CCNS(=O)(=O)c1cccc3cccnc13)CCC2. The Balaban J connectivity index is 1.53. The Labute approximate surface area is 150 Å². The molecule has 0 radical (unpaired) electrons. The Kier molecular flexibility index (Phi) is 4.29. The van der Waals surface area contributed by atoms with Gasteiger partial charge in [-0.1, -0.05) is 18.2 Å². The molecular weight excluding hydrogens is 352 g/mol. The van der Waals surface area contributed by atoms with Gasteiger partial charge in [-0.25, -0.2) is 17.8 Å². The standard InChI is InChI=1S/C18H18N4O3S/c23-17-12-14-5-1-7-15(14)21-22(17)11-10-20-26(24,25)16-8-2-4-13-6-3-9-19-18(13)16/h2-4,6,8-9,12,20H,1,5,7,10-11H2. The highest BCUT2D eigenvalue weighted by atomic mass is 32.2. The van der Waals surface area contributed by atoms with Gasteiger partial charge in [0.25, 0.3) is 5.56 Å². The summed E-state index contributed by atoms with van der Waals surface area (Å²) in [6.45, 7) is 0.265. The fourth-order valence-electron chi connectivity index (χ4n) is 3.26. The number of fused-ring (bicyclic) bond motifs is 2. The van der Waals surface area contributed by atoms with Crippen molar-refractivity contribution < 1.29 is 8.42 Å². The van der Waals surface area contributed by atoms with Crippen LogP contribution in [0.1, 0.15) is 17.7 Å². The van der Waals surface area contributed by atoms with Crippen LogP contribution in [-0.2, 0) is 29.4 Å². The first-order valence-electron chi connectivity index (χ1n) is 8.48. The number of nitrogens with zero attached hydrogens (tertiary/aromatic N) is 3. The largest absolute Gasteiger partial charge is 0.268 e. The molecule has 0 atom stereocenters. The second-order valence-electron chi connectivity index (χ2n) is 6.26. The molecule has 3 aromatic rings. The lowest BCUT2D eigenvalue weighted by Crippen LogP contribution is -2.32. The predicted molar refractivity (Wildman–Crippen MR) is 97.5 cm³/mol. The molecule has 0 saturated heterocycles. The molecular formula is C18H18N4O3S. The molecule has 0 amide bonds. The third-order valence-corrected chi connectivity index (χ3v) is 6.02. The van der Waals surface area contributed by atoms with E-state index in [9.17, 15) is 13.2 Å². The van der Waals surface area contributed by atoms with E-state index in [-0.39, 0.29) is 23.5 Å². The summed E-state index contributed by atoms with van der Waals surface area (Å²) in [4.78, 5) is 16.4. The lowest BCUT2D eigenvalue weighted by atomic mass is 10.2. The number of aromatic nitrogens is 3. The number of nitrogens with one attached hydrogen (secondary N) is 1. The van der Waals surface area contributed by atoms with Gasteiger partial charge in [0.15, 0.2) is 0 Å². The summed E-state index contributed by atoms with van der Waals surface area (Å²) in [6.07, 6.45) is 4.32. The topological polar surface area (TPSA) is 94.0 Å². The minimum Gasteiger partial charge on any atom is -0.268 e. The molecule has 0 fully saturated rings. The second-order valence-corrected chi connectivity index (χ2v) is 8.00. The molecule has 2 aromatic heterocycles. The number of aryl methyl sites for hydroxylation is 2. The lowest BCUT2D eigenvalue weighted by Gasteiger charge is -2.10. The maximum atomic E-state index is 12.6. The normalized spacial score (nSPS) is 13.8. The second kappa shape index (κ2) is 6.62. The van der Waals surface area contributed by atoms with Gasteiger partial charge in [0.1, 0.15) is 4.90 Å². The Morgan fingerprint density at radius 3 is 2.88 bits per heavy atom. The molecule has 4 rings (SSSR count). The number of hydrogen-bond donors (Lipinski definition) is 1. The van der Waals surface area contributed by atoms with Crippen LogP contribution in [-0.4, -0.2) is 29.7 Å². The molecule has 0 unspecified atom stereocenters. The van der Waals surface area contributed by atoms with E-state index >= 15 is 0 Å². The van der Waals surface area contributed by atoms with Crippen LogP contribution in [0.2, 0.25) is 0 Å². The van der Waals surface area contributed by atoms with E-state index in [1.807, 2.05) is 12.1 Å². The van der Waals surface area contributed by atoms with Crippen LogP contribution in [0.3, 0.4) is 0 Å². The highest BCUT2D eigenvalue weighted by Gasteiger charge is 2.18. The van der Waals surface area contributed by atoms with Crippen molar-refractivity contribution in [2.75, 3.05) is 6.54 Å². The van der Waals surface area contributed by atoms with Gasteiger partial charge in [-0.05, 0) is 37.0 Å². The molecule has 26 heavy (non-hydrogen) atoms. The molecule has 0 aliphatic heterocycles. The summed E-state index contributed by atoms with van der Waals surface area (Å²) in [6, 6.07) is 10.2. The van der Waals surface area contributed by atoms with Crippen molar-refractivity contribution in [2.45, 2.75) is 30.7 Å². The number of rotatable bonds is 5. The Morgan fingerprint density at radius 2 is 2.00 bits per heavy atom. The summed E-state index contributed by atoms with van der Waals surface area (Å²) in [5.41, 5.74) is 2.17. The van der Waals surface area contributed by atoms with Crippen LogP contribution in [0.25, 0.3) is 10.9 Å². The zero-order valence-corrected chi connectivity index (χ0v) is 14.9. The Morgan fingerprint density at radius 1 is 1.15 bits per heavy atom. The van der Waals surface area contributed by atoms with Crippen molar-refractivity contribution in [1.82, 2.24) is 19.5 Å². The predicted octanol–water partition coefficient (Wildman–Crippen LogP) is 1.26. The van der Waals surface area contributed by atoms with Crippen LogP contribution < -0.4 is 10.3 Å². The third-order valence-electron chi connectivity index (χ3n) is 4.52. The zero-order valence-electron chi connectivity index (χ0n) is 14.1. The summed E-state index contributed by atoms with van der Waals surface area (Å²) in [5.74, 6) is 0. The molecule has 1 N–H and O–H groups in total. The first kappa shape index (κ1) is 16.9. The monoisotopic (exact) mass is 370 g/mol. The average molecular weight is 370 g/mol. The van der Waals surface area contributed by atoms with Gasteiger partial charge >= 0.3 is 0 Å². The average Bonchev–Trinajstić information content (AvgIpc) is 3.08. The number of para-hydroxylation sites is 1. The van der Waals surface area contributed by atoms with Gasteiger partial charge in [0, 0.05) is 24.2 Å². The summed E-state index contributed by atoms with van der Waals surface area (Å²) < 4.78 is 29.2. The van der Waals surface area contributed by atoms with Crippen LogP contribution in [0.15, 0.2) is 52.3 Å². The summed E-state index contributed by atoms with van der Waals surface area (Å²) >= 11 is 0. The highest BCUT2D eigenvalue weighted by molar-refractivity contribution is 7.89. The minimum atomic E-state index is -3.74. The molecule has 1 aliphatic carbocycles. The van der Waals surface area contributed by atoms with Crippen LogP contribution >= 0.6 is 0 Å². The zero-order chi connectivity index (χ0) is 18.1. The fourth-order valence-corrected chi connectivity index (χ4v) is 4.45. The van der Waals surface area contributed by atoms with E-state index in [1.54, 1.807) is 24.4 Å². The first-order chi connectivity index (χ1) is 12.5. The molecule has 2 heterocycles. The van der Waals surface area contributed by atoms with E-state index in [2.05, 4.69) is 14.8 Å². The lowest BCUT2D eigenvalue weighted by molar-refractivity contribution is 0.542. The van der Waals surface area contributed by atoms with E-state index in [4.69, 9.17) is 0 Å². The van der Waals surface area contributed by atoms with E-state index in [1.165, 1.54) is 10.7 Å². The van der Waals surface area contributed by atoms with Gasteiger partial charge in [-0.15, -0.1) is 0 Å². The number of pyridine rings is 1. The molecule has 134 valence electrons. The molecule has 7 nitrogen and oxygen atoms in total. The van der Waals surface area contributed by atoms with Gasteiger partial charge in [0.05, 0.1) is 17.8 Å². The molecule has 1 aliphatic rings. The van der Waals surface area contributed by atoms with Crippen LogP contribution in [0.4, 0.5) is 0 Å². The third kappa shape index (κ3) is 3.13. The van der Waals surface area contributed by atoms with Crippen molar-refractivity contribution in [3.8, 4) is 0 Å². The van der Waals surface area contributed by atoms with Gasteiger partial charge in [-0.3, -0.25) is 9.78 Å². The van der Waals surface area contributed by atoms with Gasteiger partial charge in [-0.2, -0.15) is 5.10 Å². The summed E-state index contributed by atoms with van der Waals surface area (Å²) in [7, 11) is -3.74. The maximum Gasteiger partial charge on any atom is 0.267 e. The van der Waals surface area contributed by atoms with Crippen molar-refractivity contribution in [2.24, 2.45) is 0 Å². The Hall–Kier alpha value is -2.58. The van der Waals surface area contributed by atoms with Gasteiger partial charge < -0.3 is 0 Å². The Bertz CT molecular complexity index is 1130. The number of benzene rings is 1. The summed E-state index contributed by atoms with van der Waals surface area (Å²) in [5, 5.41) is 5.11. The van der Waals surface area contributed by atoms with Crippen LogP contribution in [0, 0.1) is 0 Å². The molecule has 0 saturated carbocycles. The van der Waals surface area contributed by atoms with Crippen molar-refractivity contribution in [3.63, 3.8) is 0 Å². The first-order valence-corrected chi connectivity index (χ1v) is 9.96. The number of sulfonamides is 1. The molecule has 8 heteroatoms. The maximum absolute atomic E-state index is 12.6. The van der Waals surface area contributed by atoms with Crippen LogP contribution in [0.5, 0.6) is 0 Å². The minimum absolute atomic E-state index is 0.0806. The fraction of sp³-hybridized carbons (Fsp3) is 0.278. The van der Waals surface area contributed by atoms with Crippen molar-refractivity contribution in [1.29, 1.82) is 0 Å². The van der Waals surface area contributed by atoms with Crippen molar-refractivity contribution >= 4 is 20.9 Å². The molecule has 1 aromatic carbocycles.